The van der Waals surface area contributed by atoms with Gasteiger partial charge < -0.3 is 5.32 Å². The molecule has 0 amide bonds. The summed E-state index contributed by atoms with van der Waals surface area (Å²) in [6, 6.07) is 6.24. The van der Waals surface area contributed by atoms with Gasteiger partial charge in [-0.15, -0.1) is 0 Å². The Hall–Kier alpha value is -2.03. The van der Waals surface area contributed by atoms with Gasteiger partial charge in [-0.25, -0.2) is 13.6 Å². The van der Waals surface area contributed by atoms with Crippen LogP contribution >= 0.6 is 0 Å². The van der Waals surface area contributed by atoms with E-state index in [1.54, 1.807) is 12.1 Å². The van der Waals surface area contributed by atoms with E-state index in [1.165, 1.54) is 12.1 Å². The first kappa shape index (κ1) is 13.0. The maximum absolute atomic E-state index is 11.7. The number of hydrogen-bond acceptors (Lipinski definition) is 5. The van der Waals surface area contributed by atoms with E-state index >= 15 is 0 Å². The second-order valence-electron chi connectivity index (χ2n) is 4.62. The molecule has 8 heteroatoms. The van der Waals surface area contributed by atoms with E-state index in [2.05, 4.69) is 5.32 Å². The number of hydrogen-bond donors (Lipinski definition) is 2. The molecule has 0 saturated carbocycles. The molecule has 3 N–H and O–H groups in total. The normalized spacial score (nSPS) is 14.4. The number of rotatable bonds is 2. The van der Waals surface area contributed by atoms with Gasteiger partial charge in [0.25, 0.3) is 5.69 Å². The summed E-state index contributed by atoms with van der Waals surface area (Å²) in [5.74, 6) is 0. The number of sulfonamides is 1. The van der Waals surface area contributed by atoms with Crippen LogP contribution in [-0.2, 0) is 23.1 Å². The number of nitrogens with zero attached hydrogens (tertiary/aromatic N) is 1. The fourth-order valence-electron chi connectivity index (χ4n) is 2.62. The van der Waals surface area contributed by atoms with Crippen LogP contribution in [0, 0.1) is 10.1 Å². The number of nitrogens with one attached hydrogen (secondary N) is 1. The molecule has 1 aliphatic heterocycles. The summed E-state index contributed by atoms with van der Waals surface area (Å²) in [4.78, 5) is 10.6. The van der Waals surface area contributed by atoms with Crippen molar-refractivity contribution in [1.29, 1.82) is 0 Å². The van der Waals surface area contributed by atoms with Gasteiger partial charge in [0.1, 0.15) is 0 Å². The highest BCUT2D eigenvalue weighted by Gasteiger charge is 2.29. The van der Waals surface area contributed by atoms with Crippen molar-refractivity contribution < 1.29 is 13.3 Å². The maximum Gasteiger partial charge on any atom is 0.283 e. The SMILES string of the molecule is NS(=O)(=O)c1cccc2cc3c(c([N+](=O)[O-])c12)CNC3. The summed E-state index contributed by atoms with van der Waals surface area (Å²) in [7, 11) is -4.03. The third kappa shape index (κ3) is 1.85. The standard InChI is InChI=1S/C12H11N3O4S/c13-20(18,19)10-3-1-2-7-4-8-5-14-6-9(8)12(11(7)10)15(16)17/h1-4,14H,5-6H2,(H2,13,18,19). The van der Waals surface area contributed by atoms with E-state index in [1.807, 2.05) is 0 Å². The molecule has 0 bridgehead atoms. The van der Waals surface area contributed by atoms with E-state index < -0.39 is 14.9 Å². The molecule has 1 heterocycles. The molecular weight excluding hydrogens is 282 g/mol. The Morgan fingerprint density at radius 2 is 2.05 bits per heavy atom. The molecule has 2 aromatic rings. The molecule has 1 aliphatic rings. The third-order valence-electron chi connectivity index (χ3n) is 3.40. The average molecular weight is 293 g/mol. The number of primary sulfonamides is 1. The zero-order valence-electron chi connectivity index (χ0n) is 10.3. The Kier molecular flexibility index (Phi) is 2.75. The van der Waals surface area contributed by atoms with Crippen LogP contribution in [0.1, 0.15) is 11.1 Å². The lowest BCUT2D eigenvalue weighted by Crippen LogP contribution is -2.13. The highest BCUT2D eigenvalue weighted by Crippen LogP contribution is 2.37. The molecule has 0 saturated heterocycles. The second-order valence-corrected chi connectivity index (χ2v) is 6.15. The van der Waals surface area contributed by atoms with Gasteiger partial charge in [-0.3, -0.25) is 10.1 Å². The minimum absolute atomic E-state index is 0.0856. The lowest BCUT2D eigenvalue weighted by Gasteiger charge is -2.09. The lowest BCUT2D eigenvalue weighted by atomic mass is 10.00. The number of nitro groups is 1. The van der Waals surface area contributed by atoms with Gasteiger partial charge in [-0.1, -0.05) is 12.1 Å². The third-order valence-corrected chi connectivity index (χ3v) is 4.36. The number of benzene rings is 2. The molecular formula is C12H11N3O4S. The summed E-state index contributed by atoms with van der Waals surface area (Å²) in [6.07, 6.45) is 0. The molecule has 0 fully saturated rings. The molecule has 0 aromatic heterocycles. The van der Waals surface area contributed by atoms with Gasteiger partial charge in [-0.2, -0.15) is 0 Å². The fourth-order valence-corrected chi connectivity index (χ4v) is 3.38. The molecule has 20 heavy (non-hydrogen) atoms. The van der Waals surface area contributed by atoms with Gasteiger partial charge in [0.05, 0.1) is 15.2 Å². The number of nitrogens with two attached hydrogens (primary N) is 1. The number of nitro benzene ring substituents is 1. The van der Waals surface area contributed by atoms with Crippen LogP contribution in [0.25, 0.3) is 10.8 Å². The van der Waals surface area contributed by atoms with Gasteiger partial charge >= 0.3 is 0 Å². The lowest BCUT2D eigenvalue weighted by molar-refractivity contribution is -0.383. The first-order valence-corrected chi connectivity index (χ1v) is 7.39. The van der Waals surface area contributed by atoms with E-state index in [-0.39, 0.29) is 16.0 Å². The van der Waals surface area contributed by atoms with E-state index in [0.29, 0.717) is 24.0 Å². The van der Waals surface area contributed by atoms with E-state index in [9.17, 15) is 18.5 Å². The Labute approximate surface area is 114 Å². The summed E-state index contributed by atoms with van der Waals surface area (Å²) in [5.41, 5.74) is 1.17. The highest BCUT2D eigenvalue weighted by molar-refractivity contribution is 7.89. The van der Waals surface area contributed by atoms with E-state index in [0.717, 1.165) is 5.56 Å². The largest absolute Gasteiger partial charge is 0.308 e. The van der Waals surface area contributed by atoms with Crippen molar-refractivity contribution in [2.45, 2.75) is 18.0 Å². The minimum atomic E-state index is -4.03. The van der Waals surface area contributed by atoms with Crippen LogP contribution in [0.3, 0.4) is 0 Å². The molecule has 2 aromatic carbocycles. The first-order valence-electron chi connectivity index (χ1n) is 5.85. The first-order chi connectivity index (χ1) is 9.39. The van der Waals surface area contributed by atoms with Crippen molar-refractivity contribution in [3.63, 3.8) is 0 Å². The van der Waals surface area contributed by atoms with Crippen molar-refractivity contribution in [1.82, 2.24) is 5.32 Å². The second kappa shape index (κ2) is 4.23. The van der Waals surface area contributed by atoms with Crippen molar-refractivity contribution >= 4 is 26.5 Å². The van der Waals surface area contributed by atoms with Crippen LogP contribution in [-0.4, -0.2) is 13.3 Å². The number of fused-ring (bicyclic) bond motifs is 2. The van der Waals surface area contributed by atoms with Crippen molar-refractivity contribution in [2.75, 3.05) is 0 Å². The Bertz CT molecular complexity index is 845. The van der Waals surface area contributed by atoms with Crippen molar-refractivity contribution in [2.24, 2.45) is 5.14 Å². The molecule has 104 valence electrons. The van der Waals surface area contributed by atoms with Crippen molar-refractivity contribution in [3.05, 3.63) is 45.5 Å². The van der Waals surface area contributed by atoms with Crippen LogP contribution in [0.2, 0.25) is 0 Å². The molecule has 0 radical (unpaired) electrons. The summed E-state index contributed by atoms with van der Waals surface area (Å²) < 4.78 is 23.3. The quantitative estimate of drug-likeness (QED) is 0.633. The summed E-state index contributed by atoms with van der Waals surface area (Å²) in [6.45, 7) is 0.881. The molecule has 0 unspecified atom stereocenters. The maximum atomic E-state index is 11.7. The van der Waals surface area contributed by atoms with Gasteiger partial charge in [0.15, 0.2) is 0 Å². The Morgan fingerprint density at radius 1 is 1.30 bits per heavy atom. The fraction of sp³-hybridized carbons (Fsp3) is 0.167. The van der Waals surface area contributed by atoms with Crippen LogP contribution in [0.5, 0.6) is 0 Å². The smallest absolute Gasteiger partial charge is 0.283 e. The molecule has 0 atom stereocenters. The van der Waals surface area contributed by atoms with Crippen LogP contribution < -0.4 is 10.5 Å². The monoisotopic (exact) mass is 293 g/mol. The Balaban J connectivity index is 2.55. The zero-order chi connectivity index (χ0) is 14.5. The summed E-state index contributed by atoms with van der Waals surface area (Å²) >= 11 is 0. The molecule has 0 spiro atoms. The van der Waals surface area contributed by atoms with Crippen LogP contribution in [0.4, 0.5) is 5.69 Å². The predicted molar refractivity (Wildman–Crippen MR) is 72.5 cm³/mol. The molecule has 7 nitrogen and oxygen atoms in total. The van der Waals surface area contributed by atoms with Crippen molar-refractivity contribution in [3.8, 4) is 0 Å². The Morgan fingerprint density at radius 3 is 2.70 bits per heavy atom. The van der Waals surface area contributed by atoms with Gasteiger partial charge in [-0.05, 0) is 23.1 Å². The van der Waals surface area contributed by atoms with Gasteiger partial charge in [0, 0.05) is 18.7 Å². The topological polar surface area (TPSA) is 115 Å². The van der Waals surface area contributed by atoms with Gasteiger partial charge in [0.2, 0.25) is 10.0 Å². The highest BCUT2D eigenvalue weighted by atomic mass is 32.2. The van der Waals surface area contributed by atoms with E-state index in [4.69, 9.17) is 5.14 Å². The molecule has 0 aliphatic carbocycles. The predicted octanol–water partition coefficient (Wildman–Crippen LogP) is 0.999. The minimum Gasteiger partial charge on any atom is -0.308 e. The summed E-state index contributed by atoms with van der Waals surface area (Å²) in [5, 5.41) is 20.2. The molecule has 3 rings (SSSR count). The van der Waals surface area contributed by atoms with Crippen LogP contribution in [0.15, 0.2) is 29.2 Å². The average Bonchev–Trinajstić information content (AvgIpc) is 2.80. The zero-order valence-corrected chi connectivity index (χ0v) is 11.1.